The molecule has 0 aromatic heterocycles. The summed E-state index contributed by atoms with van der Waals surface area (Å²) < 4.78 is 23.7. The Morgan fingerprint density at radius 1 is 1.60 bits per heavy atom. The first-order chi connectivity index (χ1) is 7.20. The summed E-state index contributed by atoms with van der Waals surface area (Å²) in [4.78, 5) is 2.04. The van der Waals surface area contributed by atoms with Gasteiger partial charge in [0.05, 0.1) is 18.8 Å². The predicted molar refractivity (Wildman–Crippen MR) is 56.0 cm³/mol. The fourth-order valence-electron chi connectivity index (χ4n) is 1.79. The second kappa shape index (κ2) is 4.06. The summed E-state index contributed by atoms with van der Waals surface area (Å²) >= 11 is 0. The smallest absolute Gasteiger partial charge is 0.146 e. The highest BCUT2D eigenvalue weighted by Gasteiger charge is 2.23. The maximum absolute atomic E-state index is 13.0. The SMILES string of the molecule is COC[C@@H]1CN(C)c2ccc(F)cc2O1. The lowest BCUT2D eigenvalue weighted by atomic mass is 10.2. The van der Waals surface area contributed by atoms with Crippen LogP contribution in [-0.2, 0) is 4.74 Å². The first-order valence-corrected chi connectivity index (χ1v) is 4.87. The highest BCUT2D eigenvalue weighted by Crippen LogP contribution is 2.32. The number of fused-ring (bicyclic) bond motifs is 1. The molecule has 0 spiro atoms. The molecule has 0 fully saturated rings. The Hall–Kier alpha value is -1.29. The second-order valence-corrected chi connectivity index (χ2v) is 3.69. The Morgan fingerprint density at radius 2 is 2.40 bits per heavy atom. The van der Waals surface area contributed by atoms with E-state index < -0.39 is 0 Å². The predicted octanol–water partition coefficient (Wildman–Crippen LogP) is 1.67. The van der Waals surface area contributed by atoms with Gasteiger partial charge in [-0.1, -0.05) is 0 Å². The molecule has 0 saturated carbocycles. The number of halogens is 1. The normalized spacial score (nSPS) is 19.7. The van der Waals surface area contributed by atoms with Crippen LogP contribution in [0, 0.1) is 5.82 Å². The zero-order chi connectivity index (χ0) is 10.8. The van der Waals surface area contributed by atoms with Crippen molar-refractivity contribution in [2.45, 2.75) is 6.10 Å². The van der Waals surface area contributed by atoms with Gasteiger partial charge in [-0.05, 0) is 12.1 Å². The third-order valence-electron chi connectivity index (χ3n) is 2.46. The van der Waals surface area contributed by atoms with Crippen LogP contribution in [0.1, 0.15) is 0 Å². The van der Waals surface area contributed by atoms with E-state index in [1.54, 1.807) is 13.2 Å². The molecular formula is C11H14FNO2. The lowest BCUT2D eigenvalue weighted by Gasteiger charge is -2.33. The van der Waals surface area contributed by atoms with Gasteiger partial charge in [-0.2, -0.15) is 0 Å². The number of benzene rings is 1. The lowest BCUT2D eigenvalue weighted by molar-refractivity contribution is 0.0799. The van der Waals surface area contributed by atoms with Gasteiger partial charge in [0, 0.05) is 20.2 Å². The Balaban J connectivity index is 2.25. The van der Waals surface area contributed by atoms with E-state index in [9.17, 15) is 4.39 Å². The molecule has 0 bridgehead atoms. The molecule has 3 nitrogen and oxygen atoms in total. The van der Waals surface area contributed by atoms with E-state index in [2.05, 4.69) is 0 Å². The zero-order valence-electron chi connectivity index (χ0n) is 8.87. The van der Waals surface area contributed by atoms with Crippen molar-refractivity contribution in [2.24, 2.45) is 0 Å². The van der Waals surface area contributed by atoms with Crippen LogP contribution in [0.3, 0.4) is 0 Å². The Labute approximate surface area is 88.4 Å². The van der Waals surface area contributed by atoms with E-state index in [-0.39, 0.29) is 11.9 Å². The lowest BCUT2D eigenvalue weighted by Crippen LogP contribution is -2.40. The standard InChI is InChI=1S/C11H14FNO2/c1-13-6-9(7-14-2)15-11-5-8(12)3-4-10(11)13/h3-5,9H,6-7H2,1-2H3/t9-/m0/s1. The van der Waals surface area contributed by atoms with Crippen LogP contribution < -0.4 is 9.64 Å². The van der Waals surface area contributed by atoms with Crippen LogP contribution in [0.2, 0.25) is 0 Å². The first kappa shape index (κ1) is 10.2. The minimum atomic E-state index is -0.278. The monoisotopic (exact) mass is 211 g/mol. The van der Waals surface area contributed by atoms with E-state index in [1.807, 2.05) is 11.9 Å². The number of hydrogen-bond acceptors (Lipinski definition) is 3. The molecule has 0 radical (unpaired) electrons. The van der Waals surface area contributed by atoms with Crippen molar-refractivity contribution in [3.8, 4) is 5.75 Å². The number of hydrogen-bond donors (Lipinski definition) is 0. The van der Waals surface area contributed by atoms with Gasteiger partial charge in [0.2, 0.25) is 0 Å². The molecule has 1 atom stereocenters. The summed E-state index contributed by atoms with van der Waals surface area (Å²) in [5.41, 5.74) is 0.920. The number of nitrogens with zero attached hydrogens (tertiary/aromatic N) is 1. The van der Waals surface area contributed by atoms with Gasteiger partial charge in [-0.25, -0.2) is 4.39 Å². The maximum atomic E-state index is 13.0. The number of methoxy groups -OCH3 is 1. The fraction of sp³-hybridized carbons (Fsp3) is 0.455. The third kappa shape index (κ3) is 2.04. The van der Waals surface area contributed by atoms with Gasteiger partial charge in [0.25, 0.3) is 0 Å². The van der Waals surface area contributed by atoms with E-state index in [0.29, 0.717) is 12.4 Å². The Morgan fingerprint density at radius 3 is 3.13 bits per heavy atom. The average molecular weight is 211 g/mol. The van der Waals surface area contributed by atoms with Crippen LogP contribution >= 0.6 is 0 Å². The largest absolute Gasteiger partial charge is 0.484 e. The van der Waals surface area contributed by atoms with Gasteiger partial charge >= 0.3 is 0 Å². The van der Waals surface area contributed by atoms with Gasteiger partial charge in [-0.3, -0.25) is 0 Å². The minimum absolute atomic E-state index is 0.0331. The van der Waals surface area contributed by atoms with Crippen LogP contribution in [-0.4, -0.2) is 33.4 Å². The molecule has 1 aromatic carbocycles. The van der Waals surface area contributed by atoms with Crippen molar-refractivity contribution in [1.29, 1.82) is 0 Å². The van der Waals surface area contributed by atoms with Crippen LogP contribution in [0.5, 0.6) is 5.75 Å². The maximum Gasteiger partial charge on any atom is 0.146 e. The molecule has 4 heteroatoms. The number of likely N-dealkylation sites (N-methyl/N-ethyl adjacent to an activating group) is 1. The molecule has 1 aliphatic rings. The van der Waals surface area contributed by atoms with Crippen molar-refractivity contribution in [3.63, 3.8) is 0 Å². The highest BCUT2D eigenvalue weighted by molar-refractivity contribution is 5.59. The quantitative estimate of drug-likeness (QED) is 0.742. The van der Waals surface area contributed by atoms with Gasteiger partial charge in [-0.15, -0.1) is 0 Å². The molecule has 1 aliphatic heterocycles. The van der Waals surface area contributed by atoms with Crippen molar-refractivity contribution in [1.82, 2.24) is 0 Å². The van der Waals surface area contributed by atoms with Gasteiger partial charge in [0.1, 0.15) is 17.7 Å². The minimum Gasteiger partial charge on any atom is -0.484 e. The Kier molecular flexibility index (Phi) is 2.77. The summed E-state index contributed by atoms with van der Waals surface area (Å²) in [6, 6.07) is 4.58. The number of anilines is 1. The number of ether oxygens (including phenoxy) is 2. The summed E-state index contributed by atoms with van der Waals surface area (Å²) in [5, 5.41) is 0. The summed E-state index contributed by atoms with van der Waals surface area (Å²) in [6.07, 6.45) is -0.0331. The van der Waals surface area contributed by atoms with Crippen molar-refractivity contribution in [3.05, 3.63) is 24.0 Å². The van der Waals surface area contributed by atoms with Crippen LogP contribution in [0.4, 0.5) is 10.1 Å². The molecule has 0 saturated heterocycles. The Bertz CT molecular complexity index is 356. The summed E-state index contributed by atoms with van der Waals surface area (Å²) in [5.74, 6) is 0.311. The average Bonchev–Trinajstić information content (AvgIpc) is 2.17. The summed E-state index contributed by atoms with van der Waals surface area (Å²) in [7, 11) is 3.59. The molecular weight excluding hydrogens is 197 g/mol. The molecule has 2 rings (SSSR count). The zero-order valence-corrected chi connectivity index (χ0v) is 8.87. The highest BCUT2D eigenvalue weighted by atomic mass is 19.1. The van der Waals surface area contributed by atoms with E-state index >= 15 is 0 Å². The van der Waals surface area contributed by atoms with Crippen molar-refractivity contribution in [2.75, 3.05) is 32.2 Å². The second-order valence-electron chi connectivity index (χ2n) is 3.69. The molecule has 0 unspecified atom stereocenters. The molecule has 0 aliphatic carbocycles. The molecule has 82 valence electrons. The molecule has 0 amide bonds. The summed E-state index contributed by atoms with van der Waals surface area (Å²) in [6.45, 7) is 1.27. The van der Waals surface area contributed by atoms with Crippen LogP contribution in [0.15, 0.2) is 18.2 Å². The van der Waals surface area contributed by atoms with Crippen molar-refractivity contribution >= 4 is 5.69 Å². The van der Waals surface area contributed by atoms with E-state index in [4.69, 9.17) is 9.47 Å². The third-order valence-corrected chi connectivity index (χ3v) is 2.46. The molecule has 1 aromatic rings. The van der Waals surface area contributed by atoms with E-state index in [0.717, 1.165) is 12.2 Å². The number of rotatable bonds is 2. The molecule has 1 heterocycles. The first-order valence-electron chi connectivity index (χ1n) is 4.87. The molecule has 0 N–H and O–H groups in total. The van der Waals surface area contributed by atoms with Crippen LogP contribution in [0.25, 0.3) is 0 Å². The van der Waals surface area contributed by atoms with Gasteiger partial charge < -0.3 is 14.4 Å². The van der Waals surface area contributed by atoms with Crippen molar-refractivity contribution < 1.29 is 13.9 Å². The van der Waals surface area contributed by atoms with Gasteiger partial charge in [0.15, 0.2) is 0 Å². The fourth-order valence-corrected chi connectivity index (χ4v) is 1.79. The van der Waals surface area contributed by atoms with E-state index in [1.165, 1.54) is 12.1 Å². The molecule has 15 heavy (non-hydrogen) atoms. The topological polar surface area (TPSA) is 21.7 Å².